The van der Waals surface area contributed by atoms with Gasteiger partial charge in [-0.2, -0.15) is 0 Å². The van der Waals surface area contributed by atoms with Crippen LogP contribution < -0.4 is 9.47 Å². The molecule has 0 aliphatic heterocycles. The normalized spacial score (nSPS) is 17.5. The second-order valence-corrected chi connectivity index (χ2v) is 5.54. The van der Waals surface area contributed by atoms with Crippen LogP contribution in [-0.4, -0.2) is 25.8 Å². The van der Waals surface area contributed by atoms with Gasteiger partial charge in [-0.15, -0.1) is 0 Å². The highest BCUT2D eigenvalue weighted by atomic mass is 16.5. The minimum atomic E-state index is -0.0458. The summed E-state index contributed by atoms with van der Waals surface area (Å²) in [4.78, 5) is 24.2. The van der Waals surface area contributed by atoms with Gasteiger partial charge < -0.3 is 9.47 Å². The fraction of sp³-hybridized carbons (Fsp3) is 0.333. The molecule has 4 nitrogen and oxygen atoms in total. The van der Waals surface area contributed by atoms with Gasteiger partial charge in [-0.3, -0.25) is 9.59 Å². The summed E-state index contributed by atoms with van der Waals surface area (Å²) in [7, 11) is 3.28. The first-order valence-corrected chi connectivity index (χ1v) is 7.36. The molecule has 0 aromatic heterocycles. The zero-order valence-corrected chi connectivity index (χ0v) is 12.8. The summed E-state index contributed by atoms with van der Waals surface area (Å²) in [6.45, 7) is 0. The summed E-state index contributed by atoms with van der Waals surface area (Å²) in [6.07, 6.45) is 5.30. The number of methoxy groups -OCH3 is 2. The van der Waals surface area contributed by atoms with Crippen molar-refractivity contribution in [3.05, 3.63) is 46.6 Å². The Morgan fingerprint density at radius 3 is 1.50 bits per heavy atom. The molecule has 6 rings (SSSR count). The van der Waals surface area contributed by atoms with Crippen LogP contribution in [0.1, 0.15) is 24.0 Å². The molecule has 0 amide bonds. The molecule has 4 heteroatoms. The SMILES string of the molecule is COc1cc2c(OC)cc1CCC1=CC(=O)C(=CC1=O)CC2. The summed E-state index contributed by atoms with van der Waals surface area (Å²) in [5.74, 6) is 1.52. The number of allylic oxidation sites excluding steroid dienone is 4. The lowest BCUT2D eigenvalue weighted by Gasteiger charge is -2.18. The second kappa shape index (κ2) is 5.79. The van der Waals surface area contributed by atoms with Crippen LogP contribution in [0.25, 0.3) is 0 Å². The van der Waals surface area contributed by atoms with E-state index in [0.29, 0.717) is 36.8 Å². The average Bonchev–Trinajstić information content (AvgIpc) is 2.52. The van der Waals surface area contributed by atoms with Gasteiger partial charge in [-0.1, -0.05) is 0 Å². The minimum Gasteiger partial charge on any atom is -0.496 e. The smallest absolute Gasteiger partial charge is 0.182 e. The third-order valence-electron chi connectivity index (χ3n) is 4.25. The first kappa shape index (κ1) is 14.6. The summed E-state index contributed by atoms with van der Waals surface area (Å²) in [6, 6.07) is 3.95. The molecule has 1 aromatic rings. The molecule has 0 fully saturated rings. The lowest BCUT2D eigenvalue weighted by atomic mass is 9.88. The maximum absolute atomic E-state index is 12.1. The van der Waals surface area contributed by atoms with Crippen molar-refractivity contribution in [2.45, 2.75) is 25.7 Å². The standard InChI is InChI=1S/C18H18O4/c1-21-17-9-14-6-4-12-8-15(19)11(7-16(12)20)3-5-13(17)10-18(14)22-2/h7-10H,3-6H2,1-2H3. The number of ketones is 2. The Kier molecular flexibility index (Phi) is 3.84. The third kappa shape index (κ3) is 2.56. The number of ether oxygens (including phenoxy) is 2. The van der Waals surface area contributed by atoms with Crippen LogP contribution >= 0.6 is 0 Å². The average molecular weight is 298 g/mol. The van der Waals surface area contributed by atoms with E-state index in [-0.39, 0.29) is 11.6 Å². The van der Waals surface area contributed by atoms with Crippen LogP contribution in [0.4, 0.5) is 0 Å². The summed E-state index contributed by atoms with van der Waals surface area (Å²) < 4.78 is 10.9. The fourth-order valence-corrected chi connectivity index (χ4v) is 2.99. The van der Waals surface area contributed by atoms with E-state index in [2.05, 4.69) is 0 Å². The van der Waals surface area contributed by atoms with E-state index in [1.165, 1.54) is 12.2 Å². The van der Waals surface area contributed by atoms with Crippen molar-refractivity contribution in [1.29, 1.82) is 0 Å². The number of aryl methyl sites for hydroxylation is 2. The molecule has 0 saturated carbocycles. The Hall–Kier alpha value is -2.36. The molecule has 0 N–H and O–H groups in total. The molecule has 1 aromatic carbocycles. The molecule has 0 heterocycles. The van der Waals surface area contributed by atoms with Gasteiger partial charge >= 0.3 is 0 Å². The lowest BCUT2D eigenvalue weighted by Crippen LogP contribution is -2.15. The molecule has 0 spiro atoms. The molecule has 0 atom stereocenters. The second-order valence-electron chi connectivity index (χ2n) is 5.54. The zero-order chi connectivity index (χ0) is 15.7. The molecule has 0 saturated heterocycles. The summed E-state index contributed by atoms with van der Waals surface area (Å²) in [5, 5.41) is 0. The van der Waals surface area contributed by atoms with E-state index in [9.17, 15) is 9.59 Å². The van der Waals surface area contributed by atoms with Crippen molar-refractivity contribution in [2.24, 2.45) is 0 Å². The van der Waals surface area contributed by atoms with E-state index >= 15 is 0 Å². The molecule has 5 aliphatic carbocycles. The van der Waals surface area contributed by atoms with Crippen molar-refractivity contribution < 1.29 is 19.1 Å². The van der Waals surface area contributed by atoms with Gasteiger partial charge in [0.05, 0.1) is 14.2 Å². The highest BCUT2D eigenvalue weighted by molar-refractivity contribution is 6.19. The van der Waals surface area contributed by atoms with Crippen molar-refractivity contribution in [2.75, 3.05) is 14.2 Å². The van der Waals surface area contributed by atoms with Gasteiger partial charge in [0, 0.05) is 11.1 Å². The van der Waals surface area contributed by atoms with Crippen LogP contribution in [0.5, 0.6) is 11.5 Å². The Bertz CT molecular complexity index is 648. The van der Waals surface area contributed by atoms with Crippen molar-refractivity contribution in [1.82, 2.24) is 0 Å². The Morgan fingerprint density at radius 2 is 1.14 bits per heavy atom. The molecular weight excluding hydrogens is 280 g/mol. The predicted octanol–water partition coefficient (Wildman–Crippen LogP) is 2.59. The van der Waals surface area contributed by atoms with E-state index in [0.717, 1.165) is 22.6 Å². The van der Waals surface area contributed by atoms with Crippen LogP contribution in [0.2, 0.25) is 0 Å². The van der Waals surface area contributed by atoms with Gasteiger partial charge in [0.1, 0.15) is 11.5 Å². The Morgan fingerprint density at radius 1 is 0.727 bits per heavy atom. The van der Waals surface area contributed by atoms with Crippen molar-refractivity contribution >= 4 is 11.6 Å². The first-order chi connectivity index (χ1) is 10.6. The highest BCUT2D eigenvalue weighted by Gasteiger charge is 2.22. The minimum absolute atomic E-state index is 0.0458. The van der Waals surface area contributed by atoms with E-state index in [4.69, 9.17) is 9.47 Å². The highest BCUT2D eigenvalue weighted by Crippen LogP contribution is 2.33. The van der Waals surface area contributed by atoms with E-state index < -0.39 is 0 Å². The monoisotopic (exact) mass is 298 g/mol. The zero-order valence-electron chi connectivity index (χ0n) is 12.8. The largest absolute Gasteiger partial charge is 0.496 e. The number of carbonyl (C=O) groups is 2. The fourth-order valence-electron chi connectivity index (χ4n) is 2.99. The molecule has 4 bridgehead atoms. The van der Waals surface area contributed by atoms with Crippen LogP contribution in [-0.2, 0) is 22.4 Å². The van der Waals surface area contributed by atoms with Gasteiger partial charge in [0.15, 0.2) is 11.6 Å². The molecule has 0 radical (unpaired) electrons. The molecule has 5 aliphatic rings. The van der Waals surface area contributed by atoms with Crippen LogP contribution in [0, 0.1) is 0 Å². The van der Waals surface area contributed by atoms with Gasteiger partial charge in [-0.25, -0.2) is 0 Å². The van der Waals surface area contributed by atoms with Gasteiger partial charge in [0.25, 0.3) is 0 Å². The molecule has 0 unspecified atom stereocenters. The number of carbonyl (C=O) groups excluding carboxylic acids is 2. The van der Waals surface area contributed by atoms with Gasteiger partial charge in [-0.05, 0) is 61.1 Å². The Balaban J connectivity index is 2.08. The van der Waals surface area contributed by atoms with E-state index in [1.807, 2.05) is 12.1 Å². The number of rotatable bonds is 2. The third-order valence-corrected chi connectivity index (χ3v) is 4.25. The quantitative estimate of drug-likeness (QED) is 0.788. The van der Waals surface area contributed by atoms with E-state index in [1.54, 1.807) is 14.2 Å². The maximum Gasteiger partial charge on any atom is 0.182 e. The molecular formula is C18H18O4. The number of benzene rings is 1. The number of hydrogen-bond donors (Lipinski definition) is 0. The lowest BCUT2D eigenvalue weighted by molar-refractivity contribution is -0.115. The predicted molar refractivity (Wildman–Crippen MR) is 82.4 cm³/mol. The number of hydrogen-bond acceptors (Lipinski definition) is 4. The summed E-state index contributed by atoms with van der Waals surface area (Å²) >= 11 is 0. The van der Waals surface area contributed by atoms with Gasteiger partial charge in [0.2, 0.25) is 0 Å². The van der Waals surface area contributed by atoms with Crippen molar-refractivity contribution in [3.63, 3.8) is 0 Å². The first-order valence-electron chi connectivity index (χ1n) is 7.36. The van der Waals surface area contributed by atoms with Crippen molar-refractivity contribution in [3.8, 4) is 11.5 Å². The van der Waals surface area contributed by atoms with Crippen LogP contribution in [0.15, 0.2) is 35.4 Å². The molecule has 114 valence electrons. The topological polar surface area (TPSA) is 52.6 Å². The molecule has 22 heavy (non-hydrogen) atoms. The Labute approximate surface area is 129 Å². The maximum atomic E-state index is 12.1. The summed E-state index contributed by atoms with van der Waals surface area (Å²) in [5.41, 5.74) is 3.11. The van der Waals surface area contributed by atoms with Crippen LogP contribution in [0.3, 0.4) is 0 Å².